The van der Waals surface area contributed by atoms with Gasteiger partial charge in [-0.3, -0.25) is 4.40 Å². The molecule has 2 aromatic heterocycles. The number of nitrogens with two attached hydrogens (primary N) is 1. The van der Waals surface area contributed by atoms with Crippen LogP contribution in [0, 0.1) is 0 Å². The molecule has 2 heterocycles. The first kappa shape index (κ1) is 14.1. The van der Waals surface area contributed by atoms with Gasteiger partial charge in [-0.15, -0.1) is 11.3 Å². The van der Waals surface area contributed by atoms with E-state index in [0.29, 0.717) is 5.82 Å². The largest absolute Gasteiger partial charge is 0.383 e. The summed E-state index contributed by atoms with van der Waals surface area (Å²) in [4.78, 5) is 6.68. The van der Waals surface area contributed by atoms with Gasteiger partial charge in [-0.1, -0.05) is 52.0 Å². The first-order valence-corrected chi connectivity index (χ1v) is 8.09. The zero-order valence-corrected chi connectivity index (χ0v) is 13.8. The maximum atomic E-state index is 6.09. The molecule has 0 aliphatic heterocycles. The fraction of sp³-hybridized carbons (Fsp3) is 0.353. The van der Waals surface area contributed by atoms with Gasteiger partial charge in [-0.2, -0.15) is 0 Å². The number of hydrogen-bond donors (Lipinski definition) is 1. The normalized spacial score (nSPS) is 12.2. The van der Waals surface area contributed by atoms with Crippen LogP contribution in [0.1, 0.15) is 38.1 Å². The Morgan fingerprint density at radius 2 is 1.86 bits per heavy atom. The van der Waals surface area contributed by atoms with Crippen LogP contribution in [0.2, 0.25) is 0 Å². The Morgan fingerprint density at radius 3 is 2.43 bits per heavy atom. The summed E-state index contributed by atoms with van der Waals surface area (Å²) in [5.74, 6) is 0.704. The van der Waals surface area contributed by atoms with Gasteiger partial charge in [0.05, 0.1) is 11.9 Å². The minimum atomic E-state index is 0.171. The van der Waals surface area contributed by atoms with Gasteiger partial charge >= 0.3 is 0 Å². The molecule has 0 spiro atoms. The SMILES string of the molecule is CCc1sc2ncc(N)n2c1-c1ccc(C(C)(C)C)cc1. The molecule has 4 heteroatoms. The Labute approximate surface area is 129 Å². The van der Waals surface area contributed by atoms with Crippen molar-refractivity contribution in [1.29, 1.82) is 0 Å². The summed E-state index contributed by atoms with van der Waals surface area (Å²) >= 11 is 1.72. The van der Waals surface area contributed by atoms with E-state index in [4.69, 9.17) is 5.73 Å². The standard InChI is InChI=1S/C17H21N3S/c1-5-13-15(20-14(18)10-19-16(20)21-13)11-6-8-12(9-7-11)17(2,3)4/h6-10H,5,18H2,1-4H3. The summed E-state index contributed by atoms with van der Waals surface area (Å²) in [6, 6.07) is 8.82. The molecule has 0 fully saturated rings. The van der Waals surface area contributed by atoms with Gasteiger partial charge in [0.2, 0.25) is 0 Å². The van der Waals surface area contributed by atoms with Crippen LogP contribution in [0.4, 0.5) is 5.82 Å². The number of aromatic nitrogens is 2. The molecule has 0 saturated heterocycles. The molecule has 110 valence electrons. The number of anilines is 1. The van der Waals surface area contributed by atoms with Crippen LogP contribution in [-0.2, 0) is 11.8 Å². The highest BCUT2D eigenvalue weighted by Gasteiger charge is 2.17. The highest BCUT2D eigenvalue weighted by atomic mass is 32.1. The average Bonchev–Trinajstić information content (AvgIpc) is 2.98. The Bertz CT molecular complexity index is 773. The zero-order chi connectivity index (χ0) is 15.2. The molecule has 3 nitrogen and oxygen atoms in total. The number of benzene rings is 1. The molecular weight excluding hydrogens is 278 g/mol. The second-order valence-corrected chi connectivity index (χ2v) is 7.42. The number of thiazole rings is 1. The summed E-state index contributed by atoms with van der Waals surface area (Å²) in [5.41, 5.74) is 9.99. The summed E-state index contributed by atoms with van der Waals surface area (Å²) in [7, 11) is 0. The maximum Gasteiger partial charge on any atom is 0.196 e. The molecule has 0 bridgehead atoms. The van der Waals surface area contributed by atoms with Crippen LogP contribution in [0.25, 0.3) is 16.2 Å². The molecule has 1 aromatic carbocycles. The summed E-state index contributed by atoms with van der Waals surface area (Å²) in [5, 5.41) is 0. The molecule has 3 rings (SSSR count). The van der Waals surface area contributed by atoms with E-state index < -0.39 is 0 Å². The second-order valence-electron chi connectivity index (χ2n) is 6.36. The summed E-state index contributed by atoms with van der Waals surface area (Å²) in [6.45, 7) is 8.87. The van der Waals surface area contributed by atoms with Gasteiger partial charge in [0.25, 0.3) is 0 Å². The van der Waals surface area contributed by atoms with E-state index in [0.717, 1.165) is 11.4 Å². The third kappa shape index (κ3) is 2.33. The van der Waals surface area contributed by atoms with Gasteiger partial charge in [-0.05, 0) is 23.0 Å². The predicted molar refractivity (Wildman–Crippen MR) is 91.0 cm³/mol. The van der Waals surface area contributed by atoms with E-state index in [1.54, 1.807) is 17.5 Å². The lowest BCUT2D eigenvalue weighted by Crippen LogP contribution is -2.10. The molecule has 0 atom stereocenters. The fourth-order valence-electron chi connectivity index (χ4n) is 2.59. The molecule has 0 aliphatic rings. The van der Waals surface area contributed by atoms with Gasteiger partial charge in [0, 0.05) is 4.88 Å². The number of fused-ring (bicyclic) bond motifs is 1. The Hall–Kier alpha value is -1.81. The smallest absolute Gasteiger partial charge is 0.196 e. The lowest BCUT2D eigenvalue weighted by molar-refractivity contribution is 0.590. The number of hydrogen-bond acceptors (Lipinski definition) is 3. The van der Waals surface area contributed by atoms with E-state index in [1.807, 2.05) is 0 Å². The predicted octanol–water partition coefficient (Wildman–Crippen LogP) is 4.50. The average molecular weight is 299 g/mol. The summed E-state index contributed by atoms with van der Waals surface area (Å²) in [6.07, 6.45) is 2.72. The van der Waals surface area contributed by atoms with E-state index >= 15 is 0 Å². The number of aryl methyl sites for hydroxylation is 1. The minimum absolute atomic E-state index is 0.171. The van der Waals surface area contributed by atoms with Crippen molar-refractivity contribution >= 4 is 22.1 Å². The molecule has 0 aliphatic carbocycles. The Kier molecular flexibility index (Phi) is 3.29. The van der Waals surface area contributed by atoms with E-state index in [2.05, 4.69) is 61.3 Å². The summed E-state index contributed by atoms with van der Waals surface area (Å²) < 4.78 is 2.07. The van der Waals surface area contributed by atoms with E-state index in [1.165, 1.54) is 21.7 Å². The molecule has 0 amide bonds. The van der Waals surface area contributed by atoms with Gasteiger partial charge in [0.1, 0.15) is 5.82 Å². The van der Waals surface area contributed by atoms with E-state index in [9.17, 15) is 0 Å². The van der Waals surface area contributed by atoms with Crippen molar-refractivity contribution < 1.29 is 0 Å². The quantitative estimate of drug-likeness (QED) is 0.757. The van der Waals surface area contributed by atoms with Crippen molar-refractivity contribution in [1.82, 2.24) is 9.38 Å². The highest BCUT2D eigenvalue weighted by Crippen LogP contribution is 2.35. The fourth-order valence-corrected chi connectivity index (χ4v) is 3.65. The van der Waals surface area contributed by atoms with Crippen molar-refractivity contribution in [3.63, 3.8) is 0 Å². The minimum Gasteiger partial charge on any atom is -0.383 e. The number of imidazole rings is 1. The van der Waals surface area contributed by atoms with Gasteiger partial charge in [0.15, 0.2) is 4.96 Å². The van der Waals surface area contributed by atoms with Crippen LogP contribution in [0.5, 0.6) is 0 Å². The zero-order valence-electron chi connectivity index (χ0n) is 13.0. The number of nitrogens with zero attached hydrogens (tertiary/aromatic N) is 2. The van der Waals surface area contributed by atoms with Crippen LogP contribution >= 0.6 is 11.3 Å². The molecule has 0 saturated carbocycles. The molecule has 3 aromatic rings. The van der Waals surface area contributed by atoms with E-state index in [-0.39, 0.29) is 5.41 Å². The second kappa shape index (κ2) is 4.88. The topological polar surface area (TPSA) is 43.3 Å². The van der Waals surface area contributed by atoms with Crippen molar-refractivity contribution in [2.45, 2.75) is 39.5 Å². The van der Waals surface area contributed by atoms with Gasteiger partial charge < -0.3 is 5.73 Å². The van der Waals surface area contributed by atoms with Crippen molar-refractivity contribution in [3.05, 3.63) is 40.9 Å². The van der Waals surface area contributed by atoms with Crippen LogP contribution in [-0.4, -0.2) is 9.38 Å². The number of rotatable bonds is 2. The first-order valence-electron chi connectivity index (χ1n) is 7.27. The molecule has 21 heavy (non-hydrogen) atoms. The van der Waals surface area contributed by atoms with Crippen LogP contribution in [0.15, 0.2) is 30.5 Å². The van der Waals surface area contributed by atoms with Gasteiger partial charge in [-0.25, -0.2) is 4.98 Å². The Morgan fingerprint density at radius 1 is 1.19 bits per heavy atom. The first-order chi connectivity index (χ1) is 9.91. The van der Waals surface area contributed by atoms with Crippen molar-refractivity contribution in [3.8, 4) is 11.3 Å². The lowest BCUT2D eigenvalue weighted by Gasteiger charge is -2.19. The molecule has 0 radical (unpaired) electrons. The molecular formula is C17H21N3S. The van der Waals surface area contributed by atoms with Crippen LogP contribution in [0.3, 0.4) is 0 Å². The highest BCUT2D eigenvalue weighted by molar-refractivity contribution is 7.17. The Balaban J connectivity index is 2.17. The third-order valence-corrected chi connectivity index (χ3v) is 5.00. The third-order valence-electron chi connectivity index (χ3n) is 3.80. The molecule has 2 N–H and O–H groups in total. The van der Waals surface area contributed by atoms with Crippen molar-refractivity contribution in [2.24, 2.45) is 0 Å². The van der Waals surface area contributed by atoms with Crippen LogP contribution < -0.4 is 5.73 Å². The molecule has 0 unspecified atom stereocenters. The monoisotopic (exact) mass is 299 g/mol. The lowest BCUT2D eigenvalue weighted by atomic mass is 9.86. The maximum absolute atomic E-state index is 6.09. The van der Waals surface area contributed by atoms with Crippen molar-refractivity contribution in [2.75, 3.05) is 5.73 Å². The number of nitrogen functional groups attached to an aromatic ring is 1.